The van der Waals surface area contributed by atoms with Gasteiger partial charge in [-0.1, -0.05) is 0 Å². The summed E-state index contributed by atoms with van der Waals surface area (Å²) < 4.78 is 55.5. The molecule has 1 fully saturated rings. The molecule has 0 aromatic carbocycles. The molecule has 0 radical (unpaired) electrons. The summed E-state index contributed by atoms with van der Waals surface area (Å²) in [6.07, 6.45) is -0.193. The van der Waals surface area contributed by atoms with E-state index in [9.17, 15) is 22.4 Å². The van der Waals surface area contributed by atoms with Gasteiger partial charge in [-0.2, -0.15) is 18.3 Å². The lowest BCUT2D eigenvalue weighted by molar-refractivity contribution is -0.141. The molecule has 9 nitrogen and oxygen atoms in total. The maximum atomic E-state index is 14.8. The highest BCUT2D eigenvalue weighted by Gasteiger charge is 2.34. The molecule has 2 N–H and O–H groups in total. The van der Waals surface area contributed by atoms with Crippen molar-refractivity contribution in [1.29, 1.82) is 0 Å². The van der Waals surface area contributed by atoms with Crippen molar-refractivity contribution < 1.29 is 22.4 Å². The summed E-state index contributed by atoms with van der Waals surface area (Å²) in [6, 6.07) is 1.94. The fourth-order valence-corrected chi connectivity index (χ4v) is 3.76. The van der Waals surface area contributed by atoms with Crippen molar-refractivity contribution in [1.82, 2.24) is 29.6 Å². The number of aromatic nitrogens is 5. The van der Waals surface area contributed by atoms with Crippen LogP contribution in [0, 0.1) is 12.7 Å². The Labute approximate surface area is 192 Å². The number of carbonyl (C=O) groups is 1. The SMILES string of the molecule is Cc1cc(C(F)(F)F)nn1CC(=O)Nc1cnc(-n2cnc(N3CCNC(C)(C)C3)c2)c(F)c1. The lowest BCUT2D eigenvalue weighted by atomic mass is 10.0. The van der Waals surface area contributed by atoms with Crippen LogP contribution in [0.5, 0.6) is 0 Å². The highest BCUT2D eigenvalue weighted by molar-refractivity contribution is 5.90. The predicted molar refractivity (Wildman–Crippen MR) is 116 cm³/mol. The number of alkyl halides is 3. The molecule has 0 spiro atoms. The molecule has 13 heteroatoms. The second-order valence-electron chi connectivity index (χ2n) is 8.78. The average molecular weight is 480 g/mol. The van der Waals surface area contributed by atoms with E-state index in [0.717, 1.165) is 36.4 Å². The molecule has 3 aromatic rings. The van der Waals surface area contributed by atoms with Crippen LogP contribution in [-0.4, -0.2) is 55.4 Å². The number of aryl methyl sites for hydroxylation is 1. The maximum absolute atomic E-state index is 14.8. The molecular weight excluding hydrogens is 456 g/mol. The monoisotopic (exact) mass is 480 g/mol. The van der Waals surface area contributed by atoms with Gasteiger partial charge >= 0.3 is 6.18 Å². The van der Waals surface area contributed by atoms with Gasteiger partial charge in [0.1, 0.15) is 18.7 Å². The third-order valence-corrected chi connectivity index (χ3v) is 5.38. The fraction of sp³-hybridized carbons (Fsp3) is 0.429. The Bertz CT molecular complexity index is 1200. The summed E-state index contributed by atoms with van der Waals surface area (Å²) in [7, 11) is 0. The second-order valence-corrected chi connectivity index (χ2v) is 8.78. The number of amides is 1. The van der Waals surface area contributed by atoms with Gasteiger partial charge in [0.25, 0.3) is 0 Å². The summed E-state index contributed by atoms with van der Waals surface area (Å²) in [6.45, 7) is 7.44. The first kappa shape index (κ1) is 23.7. The Balaban J connectivity index is 1.43. The molecule has 4 rings (SSSR count). The molecule has 1 aliphatic heterocycles. The topological polar surface area (TPSA) is 92.9 Å². The molecule has 0 bridgehead atoms. The number of carbonyl (C=O) groups excluding carboxylic acids is 1. The summed E-state index contributed by atoms with van der Waals surface area (Å²) in [5.41, 5.74) is -0.921. The van der Waals surface area contributed by atoms with Crippen molar-refractivity contribution in [2.45, 2.75) is 39.0 Å². The van der Waals surface area contributed by atoms with Gasteiger partial charge in [-0.25, -0.2) is 14.4 Å². The molecular formula is C21H24F4N8O. The van der Waals surface area contributed by atoms with E-state index in [1.54, 1.807) is 6.20 Å². The van der Waals surface area contributed by atoms with E-state index >= 15 is 0 Å². The van der Waals surface area contributed by atoms with Crippen molar-refractivity contribution in [3.8, 4) is 5.82 Å². The third kappa shape index (κ3) is 5.19. The van der Waals surface area contributed by atoms with E-state index < -0.39 is 30.1 Å². The van der Waals surface area contributed by atoms with Crippen LogP contribution in [-0.2, 0) is 17.5 Å². The highest BCUT2D eigenvalue weighted by Crippen LogP contribution is 2.28. The number of rotatable bonds is 5. The standard InChI is InChI=1S/C21H24F4N8O/c1-13-6-16(21(23,24)25)30-33(13)10-18(34)29-14-7-15(22)19(26-8-14)32-9-17(27-12-32)31-5-4-28-20(2,3)11-31/h6-9,12,28H,4-5,10-11H2,1-3H3,(H,29,34). The van der Waals surface area contributed by atoms with E-state index in [1.165, 1.54) is 24.0 Å². The number of nitrogens with zero attached hydrogens (tertiary/aromatic N) is 6. The quantitative estimate of drug-likeness (QED) is 0.546. The molecule has 182 valence electrons. The van der Waals surface area contributed by atoms with Crippen molar-refractivity contribution >= 4 is 17.4 Å². The fourth-order valence-electron chi connectivity index (χ4n) is 3.76. The number of imidazole rings is 1. The normalized spacial score (nSPS) is 16.0. The number of nitrogens with one attached hydrogen (secondary N) is 2. The van der Waals surface area contributed by atoms with Gasteiger partial charge in [0, 0.05) is 36.9 Å². The van der Waals surface area contributed by atoms with Gasteiger partial charge in [0.15, 0.2) is 17.3 Å². The van der Waals surface area contributed by atoms with Crippen molar-refractivity contribution in [2.75, 3.05) is 29.9 Å². The Morgan fingerprint density at radius 3 is 2.68 bits per heavy atom. The largest absolute Gasteiger partial charge is 0.435 e. The number of anilines is 2. The van der Waals surface area contributed by atoms with Crippen LogP contribution in [0.4, 0.5) is 29.1 Å². The Hall–Kier alpha value is -3.48. The molecule has 1 amide bonds. The summed E-state index contributed by atoms with van der Waals surface area (Å²) in [4.78, 5) is 22.8. The number of hydrogen-bond acceptors (Lipinski definition) is 6. The average Bonchev–Trinajstić information content (AvgIpc) is 3.35. The maximum Gasteiger partial charge on any atom is 0.435 e. The van der Waals surface area contributed by atoms with E-state index in [4.69, 9.17) is 0 Å². The van der Waals surface area contributed by atoms with Crippen LogP contribution in [0.3, 0.4) is 0 Å². The van der Waals surface area contributed by atoms with E-state index in [1.807, 2.05) is 0 Å². The van der Waals surface area contributed by atoms with Crippen LogP contribution in [0.25, 0.3) is 5.82 Å². The molecule has 34 heavy (non-hydrogen) atoms. The van der Waals surface area contributed by atoms with Gasteiger partial charge in [-0.3, -0.25) is 14.0 Å². The molecule has 3 aromatic heterocycles. The molecule has 0 atom stereocenters. The van der Waals surface area contributed by atoms with Gasteiger partial charge in [-0.15, -0.1) is 0 Å². The molecule has 1 saturated heterocycles. The van der Waals surface area contributed by atoms with Crippen molar-refractivity contribution in [3.63, 3.8) is 0 Å². The van der Waals surface area contributed by atoms with Crippen molar-refractivity contribution in [3.05, 3.63) is 48.1 Å². The smallest absolute Gasteiger partial charge is 0.352 e. The minimum absolute atomic E-state index is 0.00360. The van der Waals surface area contributed by atoms with E-state index in [0.29, 0.717) is 5.82 Å². The lowest BCUT2D eigenvalue weighted by Gasteiger charge is -2.39. The number of hydrogen-bond donors (Lipinski definition) is 2. The zero-order valence-corrected chi connectivity index (χ0v) is 18.8. The first-order valence-corrected chi connectivity index (χ1v) is 10.5. The zero-order chi connectivity index (χ0) is 24.7. The van der Waals surface area contributed by atoms with Crippen LogP contribution >= 0.6 is 0 Å². The summed E-state index contributed by atoms with van der Waals surface area (Å²) in [5, 5.41) is 9.25. The summed E-state index contributed by atoms with van der Waals surface area (Å²) in [5.74, 6) is -0.665. The molecule has 4 heterocycles. The first-order chi connectivity index (χ1) is 15.9. The second kappa shape index (κ2) is 8.70. The molecule has 1 aliphatic rings. The van der Waals surface area contributed by atoms with E-state index in [-0.39, 0.29) is 22.7 Å². The lowest BCUT2D eigenvalue weighted by Crippen LogP contribution is -2.57. The van der Waals surface area contributed by atoms with E-state index in [2.05, 4.69) is 44.4 Å². The van der Waals surface area contributed by atoms with Gasteiger partial charge < -0.3 is 15.5 Å². The first-order valence-electron chi connectivity index (χ1n) is 10.5. The van der Waals surface area contributed by atoms with Crippen LogP contribution in [0.15, 0.2) is 30.9 Å². The Morgan fingerprint density at radius 1 is 1.26 bits per heavy atom. The third-order valence-electron chi connectivity index (χ3n) is 5.38. The predicted octanol–water partition coefficient (Wildman–Crippen LogP) is 2.76. The van der Waals surface area contributed by atoms with Crippen LogP contribution in [0.1, 0.15) is 25.2 Å². The number of pyridine rings is 1. The van der Waals surface area contributed by atoms with Gasteiger partial charge in [0.05, 0.1) is 18.1 Å². The number of halogens is 4. The Morgan fingerprint density at radius 2 is 2.03 bits per heavy atom. The minimum Gasteiger partial charge on any atom is -0.352 e. The minimum atomic E-state index is -4.61. The van der Waals surface area contributed by atoms with Gasteiger partial charge in [-0.05, 0) is 26.8 Å². The Kier molecular flexibility index (Phi) is 6.06. The number of piperazine rings is 1. The highest BCUT2D eigenvalue weighted by atomic mass is 19.4. The summed E-state index contributed by atoms with van der Waals surface area (Å²) >= 11 is 0. The molecule has 0 saturated carbocycles. The van der Waals surface area contributed by atoms with Crippen LogP contribution in [0.2, 0.25) is 0 Å². The van der Waals surface area contributed by atoms with Crippen molar-refractivity contribution in [2.24, 2.45) is 0 Å². The van der Waals surface area contributed by atoms with Crippen LogP contribution < -0.4 is 15.5 Å². The zero-order valence-electron chi connectivity index (χ0n) is 18.8. The molecule has 0 unspecified atom stereocenters. The van der Waals surface area contributed by atoms with Gasteiger partial charge in [0.2, 0.25) is 5.91 Å². The molecule has 0 aliphatic carbocycles.